The van der Waals surface area contributed by atoms with Crippen LogP contribution in [-0.2, 0) is 6.18 Å². The zero-order valence-electron chi connectivity index (χ0n) is 8.21. The number of nitrogens with two attached hydrogens (primary N) is 1. The molecule has 0 aliphatic heterocycles. The third-order valence-electron chi connectivity index (χ3n) is 1.99. The molecule has 1 amide bonds. The van der Waals surface area contributed by atoms with Crippen LogP contribution in [0.1, 0.15) is 31.8 Å². The van der Waals surface area contributed by atoms with Crippen LogP contribution >= 0.6 is 0 Å². The molecule has 0 aliphatic rings. The van der Waals surface area contributed by atoms with Gasteiger partial charge < -0.3 is 5.73 Å². The molecule has 0 aliphatic carbocycles. The summed E-state index contributed by atoms with van der Waals surface area (Å²) in [6, 6.07) is 2.36. The predicted octanol–water partition coefficient (Wildman–Crippen LogP) is 1.49. The molecule has 0 heterocycles. The van der Waals surface area contributed by atoms with Crippen molar-refractivity contribution in [3.05, 3.63) is 34.4 Å². The van der Waals surface area contributed by atoms with Crippen molar-refractivity contribution in [3.8, 4) is 6.07 Å². The summed E-state index contributed by atoms with van der Waals surface area (Å²) >= 11 is 0. The number of benzene rings is 1. The van der Waals surface area contributed by atoms with Crippen molar-refractivity contribution in [1.82, 2.24) is 0 Å². The topological polar surface area (TPSA) is 83.9 Å². The van der Waals surface area contributed by atoms with Gasteiger partial charge in [-0.2, -0.15) is 18.4 Å². The lowest BCUT2D eigenvalue weighted by molar-refractivity contribution is -0.137. The molecule has 1 aromatic rings. The van der Waals surface area contributed by atoms with E-state index >= 15 is 0 Å². The van der Waals surface area contributed by atoms with Crippen LogP contribution < -0.4 is 5.73 Å². The largest absolute Gasteiger partial charge is 0.416 e. The average Bonchev–Trinajstić information content (AvgIpc) is 2.25. The fourth-order valence-electron chi connectivity index (χ4n) is 1.28. The van der Waals surface area contributed by atoms with Gasteiger partial charge in [-0.15, -0.1) is 0 Å². The minimum absolute atomic E-state index is 0.0518. The van der Waals surface area contributed by atoms with E-state index < -0.39 is 34.3 Å². The summed E-state index contributed by atoms with van der Waals surface area (Å²) < 4.78 is 37.2. The highest BCUT2D eigenvalue weighted by atomic mass is 19.4. The molecule has 2 N–H and O–H groups in total. The highest BCUT2D eigenvalue weighted by Gasteiger charge is 2.32. The van der Waals surface area contributed by atoms with Crippen molar-refractivity contribution in [1.29, 1.82) is 5.26 Å². The zero-order valence-corrected chi connectivity index (χ0v) is 8.21. The average molecular weight is 242 g/mol. The molecule has 0 aromatic heterocycles. The number of amides is 1. The summed E-state index contributed by atoms with van der Waals surface area (Å²) in [5.41, 5.74) is 2.09. The number of nitriles is 1. The van der Waals surface area contributed by atoms with E-state index in [0.29, 0.717) is 12.1 Å². The van der Waals surface area contributed by atoms with Crippen molar-refractivity contribution in [3.63, 3.8) is 0 Å². The number of hydrogen-bond donors (Lipinski definition) is 1. The smallest absolute Gasteiger partial charge is 0.366 e. The fraction of sp³-hybridized carbons (Fsp3) is 0.100. The van der Waals surface area contributed by atoms with Gasteiger partial charge in [-0.1, -0.05) is 0 Å². The molecule has 88 valence electrons. The molecule has 0 fully saturated rings. The first-order valence-electron chi connectivity index (χ1n) is 4.21. The highest BCUT2D eigenvalue weighted by molar-refractivity contribution is 6.02. The van der Waals surface area contributed by atoms with E-state index in [-0.39, 0.29) is 6.29 Å². The molecule has 0 spiro atoms. The summed E-state index contributed by atoms with van der Waals surface area (Å²) in [4.78, 5) is 21.5. The van der Waals surface area contributed by atoms with E-state index in [1.807, 2.05) is 0 Å². The maximum atomic E-state index is 12.4. The minimum Gasteiger partial charge on any atom is -0.366 e. The van der Waals surface area contributed by atoms with Crippen molar-refractivity contribution in [2.45, 2.75) is 6.18 Å². The van der Waals surface area contributed by atoms with Gasteiger partial charge in [0.25, 0.3) is 5.91 Å². The Labute approximate surface area is 93.4 Å². The van der Waals surface area contributed by atoms with Crippen LogP contribution in [0.15, 0.2) is 12.1 Å². The third-order valence-corrected chi connectivity index (χ3v) is 1.99. The van der Waals surface area contributed by atoms with Crippen LogP contribution in [0.3, 0.4) is 0 Å². The monoisotopic (exact) mass is 242 g/mol. The minimum atomic E-state index is -4.71. The second kappa shape index (κ2) is 4.25. The maximum absolute atomic E-state index is 12.4. The van der Waals surface area contributed by atoms with Gasteiger partial charge in [0.15, 0.2) is 6.29 Å². The van der Waals surface area contributed by atoms with Gasteiger partial charge in [-0.25, -0.2) is 0 Å². The lowest BCUT2D eigenvalue weighted by atomic mass is 9.98. The number of halogens is 3. The first-order chi connectivity index (χ1) is 7.81. The van der Waals surface area contributed by atoms with Crippen LogP contribution in [0.4, 0.5) is 13.2 Å². The standard InChI is InChI=1S/C10H5F3N2O2/c11-10(12,13)7-1-5(3-14)8(9(15)17)6(2-7)4-16/h1-2,4H,(H2,15,17). The van der Waals surface area contributed by atoms with Crippen molar-refractivity contribution >= 4 is 12.2 Å². The van der Waals surface area contributed by atoms with E-state index in [4.69, 9.17) is 11.0 Å². The molecule has 0 saturated carbocycles. The number of rotatable bonds is 2. The molecule has 1 rings (SSSR count). The van der Waals surface area contributed by atoms with Crippen LogP contribution in [0.5, 0.6) is 0 Å². The molecule has 0 bridgehead atoms. The first kappa shape index (κ1) is 12.7. The molecule has 0 radical (unpaired) electrons. The molecule has 1 aromatic carbocycles. The Morgan fingerprint density at radius 3 is 2.35 bits per heavy atom. The van der Waals surface area contributed by atoms with Gasteiger partial charge in [0.1, 0.15) is 0 Å². The number of alkyl halides is 3. The highest BCUT2D eigenvalue weighted by Crippen LogP contribution is 2.31. The second-order valence-electron chi connectivity index (χ2n) is 3.08. The Kier molecular flexibility index (Phi) is 3.18. The number of carbonyl (C=O) groups excluding carboxylic acids is 2. The predicted molar refractivity (Wildman–Crippen MR) is 50.1 cm³/mol. The van der Waals surface area contributed by atoms with Crippen LogP contribution in [0, 0.1) is 11.3 Å². The van der Waals surface area contributed by atoms with E-state index in [1.54, 1.807) is 0 Å². The van der Waals surface area contributed by atoms with Gasteiger partial charge in [0.2, 0.25) is 0 Å². The molecule has 17 heavy (non-hydrogen) atoms. The van der Waals surface area contributed by atoms with Gasteiger partial charge in [0.05, 0.1) is 22.8 Å². The Balaban J connectivity index is 3.63. The lowest BCUT2D eigenvalue weighted by Gasteiger charge is -2.10. The fourth-order valence-corrected chi connectivity index (χ4v) is 1.28. The molecular weight excluding hydrogens is 237 g/mol. The zero-order chi connectivity index (χ0) is 13.2. The maximum Gasteiger partial charge on any atom is 0.416 e. The van der Waals surface area contributed by atoms with Crippen LogP contribution in [0.25, 0.3) is 0 Å². The van der Waals surface area contributed by atoms with Gasteiger partial charge in [0, 0.05) is 5.56 Å². The van der Waals surface area contributed by atoms with Gasteiger partial charge in [-0.05, 0) is 12.1 Å². The molecular formula is C10H5F3N2O2. The van der Waals surface area contributed by atoms with Gasteiger partial charge in [-0.3, -0.25) is 9.59 Å². The van der Waals surface area contributed by atoms with Crippen molar-refractivity contribution in [2.75, 3.05) is 0 Å². The number of carbonyl (C=O) groups is 2. The Hall–Kier alpha value is -2.36. The Morgan fingerprint density at radius 1 is 1.41 bits per heavy atom. The molecule has 0 atom stereocenters. The van der Waals surface area contributed by atoms with Crippen molar-refractivity contribution < 1.29 is 22.8 Å². The van der Waals surface area contributed by atoms with E-state index in [1.165, 1.54) is 6.07 Å². The quantitative estimate of drug-likeness (QED) is 0.797. The number of aldehydes is 1. The van der Waals surface area contributed by atoms with Crippen molar-refractivity contribution in [2.24, 2.45) is 5.73 Å². The van der Waals surface area contributed by atoms with Crippen LogP contribution in [0.2, 0.25) is 0 Å². The van der Waals surface area contributed by atoms with E-state index in [2.05, 4.69) is 0 Å². The normalized spacial score (nSPS) is 10.7. The lowest BCUT2D eigenvalue weighted by Crippen LogP contribution is -2.17. The third kappa shape index (κ3) is 2.42. The molecule has 4 nitrogen and oxygen atoms in total. The molecule has 0 saturated heterocycles. The van der Waals surface area contributed by atoms with Crippen LogP contribution in [-0.4, -0.2) is 12.2 Å². The Bertz CT molecular complexity index is 530. The molecule has 0 unspecified atom stereocenters. The summed E-state index contributed by atoms with van der Waals surface area (Å²) in [7, 11) is 0. The van der Waals surface area contributed by atoms with E-state index in [9.17, 15) is 22.8 Å². The summed E-state index contributed by atoms with van der Waals surface area (Å²) in [5, 5.41) is 8.64. The van der Waals surface area contributed by atoms with Gasteiger partial charge >= 0.3 is 6.18 Å². The number of nitrogens with zero attached hydrogens (tertiary/aromatic N) is 1. The van der Waals surface area contributed by atoms with E-state index in [0.717, 1.165) is 0 Å². The second-order valence-corrected chi connectivity index (χ2v) is 3.08. The molecule has 7 heteroatoms. The first-order valence-corrected chi connectivity index (χ1v) is 4.21. The summed E-state index contributed by atoms with van der Waals surface area (Å²) in [6.45, 7) is 0. The number of primary amides is 1. The SMILES string of the molecule is N#Cc1cc(C(F)(F)F)cc(C=O)c1C(N)=O. The Morgan fingerprint density at radius 2 is 2.00 bits per heavy atom. The summed E-state index contributed by atoms with van der Waals surface area (Å²) in [6.07, 6.45) is -4.66. The summed E-state index contributed by atoms with van der Waals surface area (Å²) in [5.74, 6) is -1.13. The number of hydrogen-bond acceptors (Lipinski definition) is 3.